The number of nitrogen functional groups attached to an aromatic ring is 1. The van der Waals surface area contributed by atoms with Crippen LogP contribution in [0, 0.1) is 0 Å². The topological polar surface area (TPSA) is 61.5 Å². The largest absolute Gasteiger partial charge is 0.451 e. The van der Waals surface area contributed by atoms with Gasteiger partial charge >= 0.3 is 5.97 Å². The molecule has 0 amide bonds. The Labute approximate surface area is 124 Å². The SMILES string of the molecule is C=CCC1=CC(OC)C(OC(=O)c2ccccc2N)C=C1. The van der Waals surface area contributed by atoms with Gasteiger partial charge in [0, 0.05) is 12.8 Å². The fraction of sp³-hybridized carbons (Fsp3) is 0.235. The molecule has 0 saturated heterocycles. The minimum absolute atomic E-state index is 0.307. The maximum Gasteiger partial charge on any atom is 0.340 e. The number of rotatable bonds is 5. The first-order valence-electron chi connectivity index (χ1n) is 6.73. The molecule has 2 unspecified atom stereocenters. The number of nitrogens with two attached hydrogens (primary N) is 1. The summed E-state index contributed by atoms with van der Waals surface area (Å²) >= 11 is 0. The summed E-state index contributed by atoms with van der Waals surface area (Å²) in [7, 11) is 1.59. The summed E-state index contributed by atoms with van der Waals surface area (Å²) in [5.74, 6) is -0.453. The first-order valence-corrected chi connectivity index (χ1v) is 6.73. The number of para-hydroxylation sites is 1. The normalized spacial score (nSPS) is 20.7. The smallest absolute Gasteiger partial charge is 0.340 e. The third-order valence-corrected chi connectivity index (χ3v) is 3.28. The van der Waals surface area contributed by atoms with E-state index in [9.17, 15) is 4.79 Å². The number of allylic oxidation sites excluding steroid dienone is 3. The van der Waals surface area contributed by atoms with Gasteiger partial charge in [0.2, 0.25) is 0 Å². The Morgan fingerprint density at radius 3 is 2.81 bits per heavy atom. The van der Waals surface area contributed by atoms with Gasteiger partial charge in [-0.05, 0) is 36.3 Å². The lowest BCUT2D eigenvalue weighted by Gasteiger charge is -2.25. The van der Waals surface area contributed by atoms with Crippen molar-refractivity contribution in [2.75, 3.05) is 12.8 Å². The molecule has 1 aliphatic rings. The molecule has 4 nitrogen and oxygen atoms in total. The lowest BCUT2D eigenvalue weighted by molar-refractivity contribution is -0.000961. The van der Waals surface area contributed by atoms with Crippen LogP contribution >= 0.6 is 0 Å². The first kappa shape index (κ1) is 15.1. The van der Waals surface area contributed by atoms with E-state index in [1.54, 1.807) is 31.4 Å². The van der Waals surface area contributed by atoms with E-state index in [0.29, 0.717) is 11.3 Å². The van der Waals surface area contributed by atoms with Crippen LogP contribution in [0.3, 0.4) is 0 Å². The molecule has 0 aliphatic heterocycles. The lowest BCUT2D eigenvalue weighted by atomic mass is 10.00. The van der Waals surface area contributed by atoms with Gasteiger partial charge in [0.05, 0.1) is 5.56 Å². The maximum absolute atomic E-state index is 12.2. The van der Waals surface area contributed by atoms with Crippen molar-refractivity contribution in [2.45, 2.75) is 18.6 Å². The summed E-state index contributed by atoms with van der Waals surface area (Å²) in [6.45, 7) is 3.71. The average Bonchev–Trinajstić information content (AvgIpc) is 2.49. The fourth-order valence-corrected chi connectivity index (χ4v) is 2.17. The Bertz CT molecular complexity index is 589. The molecule has 0 bridgehead atoms. The van der Waals surface area contributed by atoms with Crippen LogP contribution in [0.4, 0.5) is 5.69 Å². The van der Waals surface area contributed by atoms with Crippen molar-refractivity contribution in [1.29, 1.82) is 0 Å². The Hall–Kier alpha value is -2.33. The zero-order chi connectivity index (χ0) is 15.2. The predicted octanol–water partition coefficient (Wildman–Crippen LogP) is 2.88. The number of carbonyl (C=O) groups is 1. The average molecular weight is 285 g/mol. The van der Waals surface area contributed by atoms with Crippen LogP contribution in [0.2, 0.25) is 0 Å². The monoisotopic (exact) mass is 285 g/mol. The number of hydrogen-bond donors (Lipinski definition) is 1. The Kier molecular flexibility index (Phi) is 4.95. The molecule has 1 aromatic rings. The molecule has 4 heteroatoms. The van der Waals surface area contributed by atoms with E-state index in [-0.39, 0.29) is 6.10 Å². The second-order valence-corrected chi connectivity index (χ2v) is 4.75. The molecule has 0 spiro atoms. The number of esters is 1. The molecule has 0 fully saturated rings. The molecule has 0 radical (unpaired) electrons. The van der Waals surface area contributed by atoms with E-state index < -0.39 is 12.1 Å². The highest BCUT2D eigenvalue weighted by molar-refractivity contribution is 5.95. The van der Waals surface area contributed by atoms with Crippen molar-refractivity contribution < 1.29 is 14.3 Å². The maximum atomic E-state index is 12.2. The summed E-state index contributed by atoms with van der Waals surface area (Å²) < 4.78 is 10.9. The molecule has 1 aromatic carbocycles. The molecule has 1 aliphatic carbocycles. The van der Waals surface area contributed by atoms with E-state index in [4.69, 9.17) is 15.2 Å². The van der Waals surface area contributed by atoms with Crippen molar-refractivity contribution >= 4 is 11.7 Å². The van der Waals surface area contributed by atoms with Gasteiger partial charge in [0.25, 0.3) is 0 Å². The molecule has 0 saturated carbocycles. The van der Waals surface area contributed by atoms with Crippen LogP contribution < -0.4 is 5.73 Å². The van der Waals surface area contributed by atoms with Crippen molar-refractivity contribution in [3.8, 4) is 0 Å². The summed E-state index contributed by atoms with van der Waals surface area (Å²) in [5.41, 5.74) is 7.63. The quantitative estimate of drug-likeness (QED) is 0.513. The van der Waals surface area contributed by atoms with Gasteiger partial charge in [0.15, 0.2) is 6.10 Å². The summed E-state index contributed by atoms with van der Waals surface area (Å²) in [6, 6.07) is 6.84. The van der Waals surface area contributed by atoms with Crippen LogP contribution in [0.5, 0.6) is 0 Å². The molecule has 2 rings (SSSR count). The van der Waals surface area contributed by atoms with E-state index in [1.165, 1.54) is 0 Å². The molecule has 2 N–H and O–H groups in total. The standard InChI is InChI=1S/C17H19NO3/c1-3-6-12-9-10-15(16(11-12)20-2)21-17(19)13-7-4-5-8-14(13)18/h3-5,7-11,15-16H,1,6,18H2,2H3. The van der Waals surface area contributed by atoms with Gasteiger partial charge in [-0.25, -0.2) is 4.79 Å². The van der Waals surface area contributed by atoms with Crippen LogP contribution in [0.1, 0.15) is 16.8 Å². The Balaban J connectivity index is 2.10. The minimum Gasteiger partial charge on any atom is -0.451 e. The van der Waals surface area contributed by atoms with Crippen molar-refractivity contribution in [1.82, 2.24) is 0 Å². The fourth-order valence-electron chi connectivity index (χ4n) is 2.17. The van der Waals surface area contributed by atoms with E-state index in [0.717, 1.165) is 12.0 Å². The zero-order valence-electron chi connectivity index (χ0n) is 12.0. The number of ether oxygens (including phenoxy) is 2. The van der Waals surface area contributed by atoms with Gasteiger partial charge < -0.3 is 15.2 Å². The summed E-state index contributed by atoms with van der Waals surface area (Å²) in [4.78, 5) is 12.2. The van der Waals surface area contributed by atoms with Gasteiger partial charge in [-0.1, -0.05) is 24.3 Å². The van der Waals surface area contributed by atoms with Crippen LogP contribution in [-0.2, 0) is 9.47 Å². The van der Waals surface area contributed by atoms with Gasteiger partial charge in [0.1, 0.15) is 6.10 Å². The van der Waals surface area contributed by atoms with Crippen LogP contribution in [0.25, 0.3) is 0 Å². The van der Waals surface area contributed by atoms with E-state index in [1.807, 2.05) is 24.3 Å². The van der Waals surface area contributed by atoms with Crippen LogP contribution in [-0.4, -0.2) is 25.3 Å². The van der Waals surface area contributed by atoms with Crippen molar-refractivity contribution in [3.63, 3.8) is 0 Å². The lowest BCUT2D eigenvalue weighted by Crippen LogP contribution is -2.32. The molecule has 110 valence electrons. The van der Waals surface area contributed by atoms with Gasteiger partial charge in [-0.15, -0.1) is 6.58 Å². The third-order valence-electron chi connectivity index (χ3n) is 3.28. The molecular formula is C17H19NO3. The second-order valence-electron chi connectivity index (χ2n) is 4.75. The summed E-state index contributed by atoms with van der Waals surface area (Å²) in [6.07, 6.45) is 7.49. The molecule has 0 aromatic heterocycles. The van der Waals surface area contributed by atoms with E-state index in [2.05, 4.69) is 6.58 Å². The predicted molar refractivity (Wildman–Crippen MR) is 82.9 cm³/mol. The van der Waals surface area contributed by atoms with Crippen molar-refractivity contribution in [2.24, 2.45) is 0 Å². The molecule has 0 heterocycles. The molecule has 21 heavy (non-hydrogen) atoms. The number of methoxy groups -OCH3 is 1. The first-order chi connectivity index (χ1) is 10.2. The Morgan fingerprint density at radius 2 is 2.14 bits per heavy atom. The number of carbonyl (C=O) groups excluding carboxylic acids is 1. The number of hydrogen-bond acceptors (Lipinski definition) is 4. The minimum atomic E-state index is -0.462. The zero-order valence-corrected chi connectivity index (χ0v) is 12.0. The third kappa shape index (κ3) is 3.61. The summed E-state index contributed by atoms with van der Waals surface area (Å²) in [5, 5.41) is 0. The highest BCUT2D eigenvalue weighted by Crippen LogP contribution is 2.21. The second kappa shape index (κ2) is 6.90. The highest BCUT2D eigenvalue weighted by Gasteiger charge is 2.25. The molecular weight excluding hydrogens is 266 g/mol. The van der Waals surface area contributed by atoms with Gasteiger partial charge in [-0.2, -0.15) is 0 Å². The molecule has 2 atom stereocenters. The van der Waals surface area contributed by atoms with Gasteiger partial charge in [-0.3, -0.25) is 0 Å². The number of anilines is 1. The highest BCUT2D eigenvalue weighted by atomic mass is 16.6. The van der Waals surface area contributed by atoms with Crippen molar-refractivity contribution in [3.05, 3.63) is 66.3 Å². The Morgan fingerprint density at radius 1 is 1.38 bits per heavy atom. The number of benzene rings is 1. The van der Waals surface area contributed by atoms with E-state index >= 15 is 0 Å². The van der Waals surface area contributed by atoms with Crippen LogP contribution in [0.15, 0.2) is 60.7 Å².